The number of rotatable bonds is 4. The van der Waals surface area contributed by atoms with E-state index in [0.717, 1.165) is 12.8 Å². The highest BCUT2D eigenvalue weighted by molar-refractivity contribution is 5.79. The largest absolute Gasteiger partial charge is 0.350 e. The average molecular weight is 310 g/mol. The molecule has 5 heteroatoms. The van der Waals surface area contributed by atoms with Crippen molar-refractivity contribution < 1.29 is 14.4 Å². The Kier molecular flexibility index (Phi) is 5.30. The van der Waals surface area contributed by atoms with Crippen LogP contribution in [-0.2, 0) is 14.4 Å². The van der Waals surface area contributed by atoms with Crippen LogP contribution in [-0.4, -0.2) is 54.4 Å². The zero-order valence-corrected chi connectivity index (χ0v) is 14.5. The Morgan fingerprint density at radius 1 is 1.50 bits per heavy atom. The minimum atomic E-state index is -0.607. The lowest BCUT2D eigenvalue weighted by atomic mass is 9.69. The van der Waals surface area contributed by atoms with Crippen LogP contribution in [0.3, 0.4) is 0 Å². The van der Waals surface area contributed by atoms with Crippen molar-refractivity contribution in [3.63, 3.8) is 0 Å². The van der Waals surface area contributed by atoms with Gasteiger partial charge in [0, 0.05) is 25.0 Å². The first-order valence-electron chi connectivity index (χ1n) is 8.17. The first-order valence-corrected chi connectivity index (χ1v) is 8.17. The smallest absolute Gasteiger partial charge is 0.290 e. The molecule has 4 atom stereocenters. The molecule has 0 radical (unpaired) electrons. The molecule has 2 rings (SSSR count). The number of hydrogen-bond acceptors (Lipinski definition) is 4. The van der Waals surface area contributed by atoms with Crippen LogP contribution in [0, 0.1) is 11.8 Å². The van der Waals surface area contributed by atoms with E-state index in [9.17, 15) is 4.79 Å². The zero-order valence-electron chi connectivity index (χ0n) is 14.5. The van der Waals surface area contributed by atoms with Crippen LogP contribution in [0.4, 0.5) is 0 Å². The second-order valence-corrected chi connectivity index (χ2v) is 7.16. The highest BCUT2D eigenvalue weighted by atomic mass is 16.7. The van der Waals surface area contributed by atoms with Gasteiger partial charge in [0.15, 0.2) is 6.23 Å². The summed E-state index contributed by atoms with van der Waals surface area (Å²) in [5.74, 6) is 0.938. The molecule has 0 aromatic carbocycles. The summed E-state index contributed by atoms with van der Waals surface area (Å²) in [6.07, 6.45) is 4.77. The maximum atomic E-state index is 12.7. The normalized spacial score (nSPS) is 34.8. The lowest BCUT2D eigenvalue weighted by molar-refractivity contribution is -0.245. The highest BCUT2D eigenvalue weighted by Gasteiger charge is 2.52. The molecule has 0 aromatic heterocycles. The molecule has 1 amide bonds. The van der Waals surface area contributed by atoms with E-state index in [1.807, 2.05) is 6.08 Å². The minimum Gasteiger partial charge on any atom is -0.350 e. The van der Waals surface area contributed by atoms with Gasteiger partial charge in [-0.05, 0) is 32.6 Å². The Hall–Kier alpha value is -0.910. The molecule has 5 nitrogen and oxygen atoms in total. The van der Waals surface area contributed by atoms with Crippen molar-refractivity contribution in [1.82, 2.24) is 9.96 Å². The van der Waals surface area contributed by atoms with Crippen molar-refractivity contribution in [3.8, 4) is 0 Å². The monoisotopic (exact) mass is 310 g/mol. The zero-order chi connectivity index (χ0) is 16.5. The van der Waals surface area contributed by atoms with E-state index < -0.39 is 6.23 Å². The van der Waals surface area contributed by atoms with Crippen LogP contribution in [0.1, 0.15) is 40.0 Å². The second-order valence-electron chi connectivity index (χ2n) is 7.16. The molecule has 2 fully saturated rings. The number of fused-ring (bicyclic) bond motifs is 1. The molecule has 1 heterocycles. The summed E-state index contributed by atoms with van der Waals surface area (Å²) in [5, 5.41) is 1.25. The number of amides is 1. The summed E-state index contributed by atoms with van der Waals surface area (Å²) in [4.78, 5) is 19.8. The van der Waals surface area contributed by atoms with Crippen molar-refractivity contribution >= 4 is 5.91 Å². The van der Waals surface area contributed by atoms with Gasteiger partial charge in [-0.15, -0.1) is 6.58 Å². The average Bonchev–Trinajstić information content (AvgIpc) is 2.48. The van der Waals surface area contributed by atoms with Gasteiger partial charge < -0.3 is 4.74 Å². The van der Waals surface area contributed by atoms with Crippen molar-refractivity contribution in [2.24, 2.45) is 11.8 Å². The Labute approximate surface area is 134 Å². The van der Waals surface area contributed by atoms with E-state index in [-0.39, 0.29) is 17.6 Å². The third kappa shape index (κ3) is 3.07. The Morgan fingerprint density at radius 3 is 2.77 bits per heavy atom. The molecular formula is C17H30N2O3. The quantitative estimate of drug-likeness (QED) is 0.591. The summed E-state index contributed by atoms with van der Waals surface area (Å²) in [6.45, 7) is 11.2. The van der Waals surface area contributed by atoms with Crippen LogP contribution in [0.2, 0.25) is 0 Å². The number of hydrogen-bond donors (Lipinski definition) is 0. The van der Waals surface area contributed by atoms with Crippen LogP contribution < -0.4 is 0 Å². The van der Waals surface area contributed by atoms with Gasteiger partial charge in [0.25, 0.3) is 5.91 Å². The Morgan fingerprint density at radius 2 is 2.18 bits per heavy atom. The molecule has 2 aliphatic rings. The van der Waals surface area contributed by atoms with E-state index >= 15 is 0 Å². The molecule has 22 heavy (non-hydrogen) atoms. The fourth-order valence-electron chi connectivity index (χ4n) is 3.95. The van der Waals surface area contributed by atoms with Crippen molar-refractivity contribution in [2.75, 3.05) is 20.7 Å². The molecule has 0 unspecified atom stereocenters. The molecule has 1 aliphatic carbocycles. The van der Waals surface area contributed by atoms with Gasteiger partial charge in [-0.2, -0.15) is 0 Å². The van der Waals surface area contributed by atoms with Crippen molar-refractivity contribution in [3.05, 3.63) is 12.7 Å². The molecule has 0 N–H and O–H groups in total. The molecule has 1 aliphatic heterocycles. The number of carbonyl (C=O) groups is 1. The van der Waals surface area contributed by atoms with Crippen LogP contribution in [0.25, 0.3) is 0 Å². The lowest BCUT2D eigenvalue weighted by Gasteiger charge is -2.56. The molecule has 1 saturated heterocycles. The predicted molar refractivity (Wildman–Crippen MR) is 85.9 cm³/mol. The van der Waals surface area contributed by atoms with Crippen LogP contribution in [0.15, 0.2) is 12.7 Å². The number of ether oxygens (including phenoxy) is 1. The fraction of sp³-hybridized carbons (Fsp3) is 0.824. The molecule has 0 bridgehead atoms. The standard InChI is InChI=1S/C17H30N2O3/c1-7-10-19-16(15(20)18(5)21-6)22-14-11-12(2)8-9-13(14)17(19,3)4/h7,12-14,16H,1,8-11H2,2-6H3/t12-,13-,14-,16+/m1/s1. The van der Waals surface area contributed by atoms with Gasteiger partial charge in [-0.25, -0.2) is 5.06 Å². The van der Waals surface area contributed by atoms with Gasteiger partial charge in [-0.1, -0.05) is 19.4 Å². The van der Waals surface area contributed by atoms with E-state index in [0.29, 0.717) is 18.4 Å². The summed E-state index contributed by atoms with van der Waals surface area (Å²) in [7, 11) is 3.12. The van der Waals surface area contributed by atoms with E-state index in [4.69, 9.17) is 9.57 Å². The minimum absolute atomic E-state index is 0.105. The van der Waals surface area contributed by atoms with Gasteiger partial charge >= 0.3 is 0 Å². The van der Waals surface area contributed by atoms with Crippen LogP contribution >= 0.6 is 0 Å². The lowest BCUT2D eigenvalue weighted by Crippen LogP contribution is -2.67. The van der Waals surface area contributed by atoms with E-state index in [2.05, 4.69) is 32.3 Å². The maximum Gasteiger partial charge on any atom is 0.290 e. The highest BCUT2D eigenvalue weighted by Crippen LogP contribution is 2.45. The summed E-state index contributed by atoms with van der Waals surface area (Å²) in [5.41, 5.74) is -0.105. The number of nitrogens with zero attached hydrogens (tertiary/aromatic N) is 2. The molecular weight excluding hydrogens is 280 g/mol. The first kappa shape index (κ1) is 17.4. The van der Waals surface area contributed by atoms with Gasteiger partial charge in [0.2, 0.25) is 0 Å². The Balaban J connectivity index is 2.30. The van der Waals surface area contributed by atoms with Gasteiger partial charge in [-0.3, -0.25) is 14.5 Å². The Bertz CT molecular complexity index is 424. The molecule has 0 spiro atoms. The number of likely N-dealkylation sites (N-methyl/N-ethyl adjacent to an activating group) is 1. The summed E-state index contributed by atoms with van der Waals surface area (Å²) < 4.78 is 6.25. The van der Waals surface area contributed by atoms with Crippen molar-refractivity contribution in [2.45, 2.75) is 57.9 Å². The number of hydroxylamine groups is 2. The summed E-state index contributed by atoms with van der Waals surface area (Å²) >= 11 is 0. The third-order valence-electron chi connectivity index (χ3n) is 5.41. The fourth-order valence-corrected chi connectivity index (χ4v) is 3.95. The molecule has 1 saturated carbocycles. The topological polar surface area (TPSA) is 42.0 Å². The predicted octanol–water partition coefficient (Wildman–Crippen LogP) is 2.43. The first-order chi connectivity index (χ1) is 10.3. The SMILES string of the molecule is C=CCN1[C@H](C(=O)N(C)OC)O[C@@H]2C[C@H](C)CC[C@H]2C1(C)C. The van der Waals surface area contributed by atoms with Crippen molar-refractivity contribution in [1.29, 1.82) is 0 Å². The molecule has 126 valence electrons. The maximum absolute atomic E-state index is 12.7. The van der Waals surface area contributed by atoms with Gasteiger partial charge in [0.05, 0.1) is 13.2 Å². The van der Waals surface area contributed by atoms with E-state index in [1.54, 1.807) is 7.05 Å². The number of carbonyl (C=O) groups excluding carboxylic acids is 1. The van der Waals surface area contributed by atoms with E-state index in [1.165, 1.54) is 18.6 Å². The van der Waals surface area contributed by atoms with Gasteiger partial charge in [0.1, 0.15) is 0 Å². The third-order valence-corrected chi connectivity index (χ3v) is 5.41. The molecule has 0 aromatic rings. The second kappa shape index (κ2) is 6.69. The summed E-state index contributed by atoms with van der Waals surface area (Å²) in [6, 6.07) is 0. The van der Waals surface area contributed by atoms with Crippen LogP contribution in [0.5, 0.6) is 0 Å².